The Morgan fingerprint density at radius 3 is 2.60 bits per heavy atom. The molecule has 30 heavy (non-hydrogen) atoms. The summed E-state index contributed by atoms with van der Waals surface area (Å²) in [6, 6.07) is 0. The molecule has 2 N–H and O–H groups in total. The first-order valence-corrected chi connectivity index (χ1v) is 12.9. The van der Waals surface area contributed by atoms with E-state index in [0.29, 0.717) is 0 Å². The van der Waals surface area contributed by atoms with Gasteiger partial charge in [-0.1, -0.05) is 38.5 Å². The maximum absolute atomic E-state index is 4.56. The van der Waals surface area contributed by atoms with Crippen LogP contribution in [-0.2, 0) is 0 Å². The van der Waals surface area contributed by atoms with Crippen molar-refractivity contribution < 1.29 is 0 Å². The molecule has 1 fully saturated rings. The van der Waals surface area contributed by atoms with Gasteiger partial charge in [-0.25, -0.2) is 0 Å². The van der Waals surface area contributed by atoms with E-state index in [9.17, 15) is 0 Å². The number of allylic oxidation sites excluding steroid dienone is 4. The predicted molar refractivity (Wildman–Crippen MR) is 137 cm³/mol. The Hall–Kier alpha value is -1.31. The summed E-state index contributed by atoms with van der Waals surface area (Å²) in [5.41, 5.74) is 2.68. The highest BCUT2D eigenvalue weighted by Crippen LogP contribution is 2.25. The van der Waals surface area contributed by atoms with Crippen LogP contribution in [0.2, 0.25) is 0 Å². The van der Waals surface area contributed by atoms with Crippen LogP contribution in [0.5, 0.6) is 0 Å². The second-order valence-electron chi connectivity index (χ2n) is 7.44. The van der Waals surface area contributed by atoms with E-state index in [1.807, 2.05) is 25.9 Å². The standard InChI is InChI=1S/C23H39N5S2/c1-6-8-9-11-20(16-21-19(3)29-18-26-21)17-27-12-14-28(15-13-27)23(25-5)30-22(24-4)10-7-2/h9-11,16,24,26H,6-8,12-15,17-18H2,1-5H3/b11-9+,20-16+,22-10-,25-23-. The number of thioether (sulfide) groups is 2. The minimum Gasteiger partial charge on any atom is -0.383 e. The average Bonchev–Trinajstić information content (AvgIpc) is 3.16. The van der Waals surface area contributed by atoms with Gasteiger partial charge in [-0.05, 0) is 43.2 Å². The summed E-state index contributed by atoms with van der Waals surface area (Å²) >= 11 is 3.63. The first kappa shape index (κ1) is 25.0. The first-order valence-electron chi connectivity index (χ1n) is 11.1. The normalized spacial score (nSPS) is 19.8. The number of nitrogens with one attached hydrogen (secondary N) is 2. The van der Waals surface area contributed by atoms with Gasteiger partial charge in [-0.2, -0.15) is 0 Å². The molecule has 2 rings (SSSR count). The van der Waals surface area contributed by atoms with Gasteiger partial charge in [-0.3, -0.25) is 9.89 Å². The zero-order chi connectivity index (χ0) is 21.8. The third-order valence-electron chi connectivity index (χ3n) is 5.13. The Balaban J connectivity index is 1.97. The van der Waals surface area contributed by atoms with E-state index in [1.165, 1.54) is 27.6 Å². The summed E-state index contributed by atoms with van der Waals surface area (Å²) in [5.74, 6) is 0.986. The summed E-state index contributed by atoms with van der Waals surface area (Å²) in [6.45, 7) is 11.8. The summed E-state index contributed by atoms with van der Waals surface area (Å²) in [7, 11) is 3.88. The molecule has 0 aromatic heterocycles. The number of amidine groups is 1. The van der Waals surface area contributed by atoms with Crippen molar-refractivity contribution in [3.05, 3.63) is 45.5 Å². The third kappa shape index (κ3) is 8.08. The van der Waals surface area contributed by atoms with Crippen molar-refractivity contribution in [3.8, 4) is 0 Å². The number of rotatable bonds is 9. The van der Waals surface area contributed by atoms with Gasteiger partial charge in [0.1, 0.15) is 0 Å². The van der Waals surface area contributed by atoms with Crippen molar-refractivity contribution in [3.63, 3.8) is 0 Å². The number of piperazine rings is 1. The molecule has 1 saturated heterocycles. The van der Waals surface area contributed by atoms with E-state index >= 15 is 0 Å². The van der Waals surface area contributed by atoms with Crippen molar-refractivity contribution in [1.29, 1.82) is 0 Å². The molecule has 0 aliphatic carbocycles. The van der Waals surface area contributed by atoms with Crippen molar-refractivity contribution in [1.82, 2.24) is 20.4 Å². The van der Waals surface area contributed by atoms with Crippen LogP contribution in [0.4, 0.5) is 0 Å². The van der Waals surface area contributed by atoms with Crippen molar-refractivity contribution >= 4 is 28.7 Å². The Kier molecular flexibility index (Phi) is 11.6. The molecule has 2 aliphatic heterocycles. The monoisotopic (exact) mass is 449 g/mol. The molecule has 0 unspecified atom stereocenters. The van der Waals surface area contributed by atoms with Gasteiger partial charge in [0.15, 0.2) is 5.17 Å². The topological polar surface area (TPSA) is 42.9 Å². The van der Waals surface area contributed by atoms with Crippen LogP contribution in [0.3, 0.4) is 0 Å². The largest absolute Gasteiger partial charge is 0.383 e. The van der Waals surface area contributed by atoms with Crippen LogP contribution in [0, 0.1) is 0 Å². The van der Waals surface area contributed by atoms with Crippen LogP contribution in [0.25, 0.3) is 0 Å². The highest BCUT2D eigenvalue weighted by Gasteiger charge is 2.21. The fourth-order valence-corrected chi connectivity index (χ4v) is 5.08. The zero-order valence-electron chi connectivity index (χ0n) is 19.3. The smallest absolute Gasteiger partial charge is 0.165 e. The minimum absolute atomic E-state index is 0.986. The molecule has 168 valence electrons. The lowest BCUT2D eigenvalue weighted by atomic mass is 10.1. The van der Waals surface area contributed by atoms with Gasteiger partial charge in [0.25, 0.3) is 0 Å². The minimum atomic E-state index is 0.986. The highest BCUT2D eigenvalue weighted by atomic mass is 32.2. The van der Waals surface area contributed by atoms with E-state index in [4.69, 9.17) is 0 Å². The molecule has 2 aliphatic rings. The lowest BCUT2D eigenvalue weighted by Gasteiger charge is -2.36. The van der Waals surface area contributed by atoms with Crippen LogP contribution in [0.1, 0.15) is 40.0 Å². The molecule has 5 nitrogen and oxygen atoms in total. The predicted octanol–water partition coefficient (Wildman–Crippen LogP) is 4.60. The molecule has 0 aromatic rings. The maximum Gasteiger partial charge on any atom is 0.165 e. The lowest BCUT2D eigenvalue weighted by Crippen LogP contribution is -2.48. The van der Waals surface area contributed by atoms with Crippen molar-refractivity contribution in [2.24, 2.45) is 4.99 Å². The van der Waals surface area contributed by atoms with E-state index in [2.05, 4.69) is 70.5 Å². The van der Waals surface area contributed by atoms with E-state index < -0.39 is 0 Å². The zero-order valence-corrected chi connectivity index (χ0v) is 21.0. The fraction of sp³-hybridized carbons (Fsp3) is 0.609. The summed E-state index contributed by atoms with van der Waals surface area (Å²) in [4.78, 5) is 10.9. The van der Waals surface area contributed by atoms with Gasteiger partial charge in [0, 0.05) is 57.4 Å². The average molecular weight is 450 g/mol. The SMILES string of the molecule is CC/C=C(/NC)S/C(=N\C)N1CCN(CC(/C=C/CCC)=C/C2=C(C)SCN2)CC1. The second-order valence-corrected chi connectivity index (χ2v) is 9.64. The van der Waals surface area contributed by atoms with Crippen LogP contribution in [-0.4, -0.2) is 67.7 Å². The Labute approximate surface area is 192 Å². The summed E-state index contributed by atoms with van der Waals surface area (Å²) < 4.78 is 0. The number of aliphatic imine (C=N–C) groups is 1. The number of hydrogen-bond acceptors (Lipinski definition) is 6. The van der Waals surface area contributed by atoms with E-state index in [-0.39, 0.29) is 0 Å². The molecule has 0 atom stereocenters. The van der Waals surface area contributed by atoms with Crippen LogP contribution in [0.15, 0.2) is 50.5 Å². The summed E-state index contributed by atoms with van der Waals surface area (Å²) in [6.07, 6.45) is 12.6. The molecule has 0 aromatic carbocycles. The Morgan fingerprint density at radius 1 is 1.27 bits per heavy atom. The van der Waals surface area contributed by atoms with Gasteiger partial charge < -0.3 is 15.5 Å². The number of nitrogens with zero attached hydrogens (tertiary/aromatic N) is 3. The van der Waals surface area contributed by atoms with Gasteiger partial charge in [0.2, 0.25) is 0 Å². The number of hydrogen-bond donors (Lipinski definition) is 2. The van der Waals surface area contributed by atoms with Gasteiger partial charge in [0.05, 0.1) is 10.9 Å². The van der Waals surface area contributed by atoms with E-state index in [0.717, 1.165) is 56.6 Å². The lowest BCUT2D eigenvalue weighted by molar-refractivity contribution is 0.197. The molecule has 0 bridgehead atoms. The second kappa shape index (κ2) is 13.9. The third-order valence-corrected chi connectivity index (χ3v) is 7.28. The van der Waals surface area contributed by atoms with Gasteiger partial charge >= 0.3 is 0 Å². The molecular weight excluding hydrogens is 410 g/mol. The van der Waals surface area contributed by atoms with Crippen molar-refractivity contribution in [2.45, 2.75) is 40.0 Å². The summed E-state index contributed by atoms with van der Waals surface area (Å²) in [5, 5.41) is 9.07. The Bertz CT molecular complexity index is 686. The van der Waals surface area contributed by atoms with Gasteiger partial charge in [-0.15, -0.1) is 11.8 Å². The Morgan fingerprint density at radius 2 is 2.03 bits per heavy atom. The van der Waals surface area contributed by atoms with Crippen molar-refractivity contribution in [2.75, 3.05) is 52.7 Å². The van der Waals surface area contributed by atoms with Crippen LogP contribution >= 0.6 is 23.5 Å². The van der Waals surface area contributed by atoms with Crippen LogP contribution < -0.4 is 10.6 Å². The number of unbranched alkanes of at least 4 members (excludes halogenated alkanes) is 1. The molecule has 0 amide bonds. The molecule has 0 spiro atoms. The molecular formula is C23H39N5S2. The maximum atomic E-state index is 4.56. The molecule has 0 radical (unpaired) electrons. The highest BCUT2D eigenvalue weighted by molar-refractivity contribution is 8.17. The molecule has 0 saturated carbocycles. The quantitative estimate of drug-likeness (QED) is 0.305. The molecule has 7 heteroatoms. The first-order chi connectivity index (χ1) is 14.6. The fourth-order valence-electron chi connectivity index (χ4n) is 3.40. The van der Waals surface area contributed by atoms with E-state index in [1.54, 1.807) is 11.8 Å². The molecule has 2 heterocycles.